The van der Waals surface area contributed by atoms with Gasteiger partial charge in [-0.25, -0.2) is 0 Å². The lowest BCUT2D eigenvalue weighted by Crippen LogP contribution is -2.29. The van der Waals surface area contributed by atoms with Crippen LogP contribution in [0, 0.1) is 0 Å². The van der Waals surface area contributed by atoms with Crippen LogP contribution in [-0.2, 0) is 17.8 Å². The number of fused-ring (bicyclic) bond motifs is 1. The van der Waals surface area contributed by atoms with Crippen molar-refractivity contribution in [1.29, 1.82) is 0 Å². The SMILES string of the molecule is O=C(Cn1ccc2ccccc21)NCCc1ccccc1. The van der Waals surface area contributed by atoms with Crippen molar-refractivity contribution in [2.45, 2.75) is 13.0 Å². The summed E-state index contributed by atoms with van der Waals surface area (Å²) in [5.41, 5.74) is 2.33. The third-order valence-corrected chi connectivity index (χ3v) is 3.57. The molecule has 0 radical (unpaired) electrons. The van der Waals surface area contributed by atoms with Gasteiger partial charge in [-0.3, -0.25) is 4.79 Å². The van der Waals surface area contributed by atoms with Crippen molar-refractivity contribution in [3.05, 3.63) is 72.4 Å². The topological polar surface area (TPSA) is 34.0 Å². The third-order valence-electron chi connectivity index (χ3n) is 3.57. The van der Waals surface area contributed by atoms with Gasteiger partial charge in [-0.15, -0.1) is 0 Å². The lowest BCUT2D eigenvalue weighted by Gasteiger charge is -2.07. The Balaban J connectivity index is 1.55. The summed E-state index contributed by atoms with van der Waals surface area (Å²) in [6.45, 7) is 1.03. The number of carbonyl (C=O) groups excluding carboxylic acids is 1. The van der Waals surface area contributed by atoms with E-state index in [-0.39, 0.29) is 5.91 Å². The van der Waals surface area contributed by atoms with E-state index in [1.54, 1.807) is 0 Å². The lowest BCUT2D eigenvalue weighted by molar-refractivity contribution is -0.121. The second kappa shape index (κ2) is 6.27. The zero-order valence-electron chi connectivity index (χ0n) is 11.8. The van der Waals surface area contributed by atoms with Crippen LogP contribution in [-0.4, -0.2) is 17.0 Å². The van der Waals surface area contributed by atoms with Crippen molar-refractivity contribution in [2.24, 2.45) is 0 Å². The van der Waals surface area contributed by atoms with Crippen LogP contribution in [0.3, 0.4) is 0 Å². The van der Waals surface area contributed by atoms with Crippen LogP contribution in [0.1, 0.15) is 5.56 Å². The van der Waals surface area contributed by atoms with Gasteiger partial charge < -0.3 is 9.88 Å². The fraction of sp³-hybridized carbons (Fsp3) is 0.167. The number of hydrogen-bond donors (Lipinski definition) is 1. The van der Waals surface area contributed by atoms with E-state index >= 15 is 0 Å². The summed E-state index contributed by atoms with van der Waals surface area (Å²) in [5.74, 6) is 0.0484. The molecule has 0 unspecified atom stereocenters. The van der Waals surface area contributed by atoms with Gasteiger partial charge in [0.05, 0.1) is 0 Å². The molecule has 0 fully saturated rings. The molecule has 1 amide bonds. The summed E-state index contributed by atoms with van der Waals surface area (Å²) in [4.78, 5) is 12.0. The third kappa shape index (κ3) is 3.31. The first-order valence-corrected chi connectivity index (χ1v) is 7.17. The summed E-state index contributed by atoms with van der Waals surface area (Å²) in [5, 5.41) is 4.14. The standard InChI is InChI=1S/C18H18N2O/c21-18(19-12-10-15-6-2-1-3-7-15)14-20-13-11-16-8-4-5-9-17(16)20/h1-9,11,13H,10,12,14H2,(H,19,21). The Kier molecular flexibility index (Phi) is 4.01. The lowest BCUT2D eigenvalue weighted by atomic mass is 10.1. The number of para-hydroxylation sites is 1. The van der Waals surface area contributed by atoms with Crippen molar-refractivity contribution in [2.75, 3.05) is 6.54 Å². The van der Waals surface area contributed by atoms with Crippen LogP contribution in [0.25, 0.3) is 10.9 Å². The van der Waals surface area contributed by atoms with Crippen LogP contribution >= 0.6 is 0 Å². The monoisotopic (exact) mass is 278 g/mol. The number of carbonyl (C=O) groups is 1. The summed E-state index contributed by atoms with van der Waals surface area (Å²) < 4.78 is 1.98. The number of amides is 1. The minimum absolute atomic E-state index is 0.0484. The number of hydrogen-bond acceptors (Lipinski definition) is 1. The first-order chi connectivity index (χ1) is 10.3. The maximum atomic E-state index is 12.0. The number of benzene rings is 2. The zero-order valence-corrected chi connectivity index (χ0v) is 11.8. The van der Waals surface area contributed by atoms with Gasteiger partial charge in [-0.05, 0) is 29.5 Å². The van der Waals surface area contributed by atoms with Crippen molar-refractivity contribution in [1.82, 2.24) is 9.88 Å². The molecule has 3 nitrogen and oxygen atoms in total. The molecule has 3 rings (SSSR count). The van der Waals surface area contributed by atoms with Crippen LogP contribution in [0.15, 0.2) is 66.9 Å². The van der Waals surface area contributed by atoms with E-state index in [2.05, 4.69) is 23.5 Å². The van der Waals surface area contributed by atoms with Crippen LogP contribution in [0.4, 0.5) is 0 Å². The Morgan fingerprint density at radius 1 is 0.952 bits per heavy atom. The molecule has 3 heteroatoms. The molecular weight excluding hydrogens is 260 g/mol. The second-order valence-electron chi connectivity index (χ2n) is 5.09. The highest BCUT2D eigenvalue weighted by Gasteiger charge is 2.05. The van der Waals surface area contributed by atoms with Gasteiger partial charge in [0.1, 0.15) is 6.54 Å². The highest BCUT2D eigenvalue weighted by Crippen LogP contribution is 2.14. The molecule has 0 spiro atoms. The van der Waals surface area contributed by atoms with E-state index in [0.29, 0.717) is 13.1 Å². The van der Waals surface area contributed by atoms with Crippen molar-refractivity contribution < 1.29 is 4.79 Å². The smallest absolute Gasteiger partial charge is 0.239 e. The molecule has 0 saturated heterocycles. The number of rotatable bonds is 5. The first kappa shape index (κ1) is 13.4. The van der Waals surface area contributed by atoms with Crippen LogP contribution < -0.4 is 5.32 Å². The van der Waals surface area contributed by atoms with Crippen LogP contribution in [0.5, 0.6) is 0 Å². The van der Waals surface area contributed by atoms with Gasteiger partial charge in [0.15, 0.2) is 0 Å². The van der Waals surface area contributed by atoms with E-state index in [0.717, 1.165) is 17.3 Å². The van der Waals surface area contributed by atoms with Gasteiger partial charge in [0.25, 0.3) is 0 Å². The fourth-order valence-corrected chi connectivity index (χ4v) is 2.48. The van der Waals surface area contributed by atoms with E-state index in [9.17, 15) is 4.79 Å². The van der Waals surface area contributed by atoms with Gasteiger partial charge in [0.2, 0.25) is 5.91 Å². The van der Waals surface area contributed by atoms with Crippen LogP contribution in [0.2, 0.25) is 0 Å². The molecule has 0 saturated carbocycles. The molecule has 0 aliphatic carbocycles. The molecule has 1 aromatic heterocycles. The normalized spacial score (nSPS) is 10.7. The van der Waals surface area contributed by atoms with Gasteiger partial charge in [-0.1, -0.05) is 48.5 Å². The molecule has 0 aliphatic heterocycles. The summed E-state index contributed by atoms with van der Waals surface area (Å²) in [7, 11) is 0. The molecule has 1 heterocycles. The Morgan fingerprint density at radius 2 is 1.71 bits per heavy atom. The summed E-state index contributed by atoms with van der Waals surface area (Å²) in [6, 6.07) is 20.3. The Labute approximate surface area is 124 Å². The minimum atomic E-state index is 0.0484. The average molecular weight is 278 g/mol. The molecule has 1 N–H and O–H groups in total. The van der Waals surface area contributed by atoms with E-state index in [4.69, 9.17) is 0 Å². The molecule has 0 atom stereocenters. The van der Waals surface area contributed by atoms with Gasteiger partial charge in [0, 0.05) is 18.3 Å². The average Bonchev–Trinajstić information content (AvgIpc) is 2.92. The fourth-order valence-electron chi connectivity index (χ4n) is 2.48. The highest BCUT2D eigenvalue weighted by molar-refractivity contribution is 5.83. The molecule has 0 aliphatic rings. The van der Waals surface area contributed by atoms with E-state index in [1.807, 2.05) is 53.2 Å². The quantitative estimate of drug-likeness (QED) is 0.765. The number of aromatic nitrogens is 1. The maximum absolute atomic E-state index is 12.0. The highest BCUT2D eigenvalue weighted by atomic mass is 16.1. The molecule has 0 bridgehead atoms. The molecular formula is C18H18N2O. The second-order valence-corrected chi connectivity index (χ2v) is 5.09. The maximum Gasteiger partial charge on any atom is 0.239 e. The first-order valence-electron chi connectivity index (χ1n) is 7.17. The predicted molar refractivity (Wildman–Crippen MR) is 85.1 cm³/mol. The Bertz CT molecular complexity index is 731. The van der Waals surface area contributed by atoms with Crippen molar-refractivity contribution in [3.8, 4) is 0 Å². The zero-order chi connectivity index (χ0) is 14.5. The summed E-state index contributed by atoms with van der Waals surface area (Å²) >= 11 is 0. The number of nitrogens with one attached hydrogen (secondary N) is 1. The minimum Gasteiger partial charge on any atom is -0.354 e. The Morgan fingerprint density at radius 3 is 2.57 bits per heavy atom. The molecule has 2 aromatic carbocycles. The van der Waals surface area contributed by atoms with Gasteiger partial charge in [-0.2, -0.15) is 0 Å². The molecule has 106 valence electrons. The van der Waals surface area contributed by atoms with Crippen molar-refractivity contribution in [3.63, 3.8) is 0 Å². The predicted octanol–water partition coefficient (Wildman–Crippen LogP) is 3.00. The molecule has 21 heavy (non-hydrogen) atoms. The van der Waals surface area contributed by atoms with E-state index < -0.39 is 0 Å². The Hall–Kier alpha value is -2.55. The largest absolute Gasteiger partial charge is 0.354 e. The molecule has 3 aromatic rings. The van der Waals surface area contributed by atoms with E-state index in [1.165, 1.54) is 5.56 Å². The number of nitrogens with zero attached hydrogens (tertiary/aromatic N) is 1. The van der Waals surface area contributed by atoms with Gasteiger partial charge >= 0.3 is 0 Å². The summed E-state index contributed by atoms with van der Waals surface area (Å²) in [6.07, 6.45) is 2.82. The van der Waals surface area contributed by atoms with Crippen molar-refractivity contribution >= 4 is 16.8 Å².